The van der Waals surface area contributed by atoms with Crippen molar-refractivity contribution in [2.75, 3.05) is 17.2 Å². The minimum absolute atomic E-state index is 0.0190. The fourth-order valence-electron chi connectivity index (χ4n) is 2.83. The van der Waals surface area contributed by atoms with Crippen LogP contribution < -0.4 is 10.6 Å². The Morgan fingerprint density at radius 3 is 2.43 bits per heavy atom. The smallest absolute Gasteiger partial charge is 0.225 e. The maximum atomic E-state index is 9.67. The van der Waals surface area contributed by atoms with E-state index >= 15 is 0 Å². The first kappa shape index (κ1) is 20.3. The maximum absolute atomic E-state index is 9.67. The van der Waals surface area contributed by atoms with Gasteiger partial charge in [0, 0.05) is 21.8 Å². The Balaban J connectivity index is 1.99. The third-order valence-electron chi connectivity index (χ3n) is 4.56. The van der Waals surface area contributed by atoms with E-state index in [9.17, 15) is 5.11 Å². The first-order valence-corrected chi connectivity index (χ1v) is 10.1. The molecule has 3 aromatic rings. The summed E-state index contributed by atoms with van der Waals surface area (Å²) in [7, 11) is 0. The van der Waals surface area contributed by atoms with Gasteiger partial charge in [0.05, 0.1) is 18.3 Å². The lowest BCUT2D eigenvalue weighted by atomic mass is 10.1. The van der Waals surface area contributed by atoms with Gasteiger partial charge >= 0.3 is 0 Å². The summed E-state index contributed by atoms with van der Waals surface area (Å²) in [6, 6.07) is 17.9. The number of halogens is 1. The molecule has 0 amide bonds. The number of aliphatic hydroxyl groups is 1. The molecule has 1 heterocycles. The second-order valence-corrected chi connectivity index (χ2v) is 8.01. The van der Waals surface area contributed by atoms with Gasteiger partial charge in [-0.15, -0.1) is 0 Å². The van der Waals surface area contributed by atoms with Crippen molar-refractivity contribution in [1.29, 1.82) is 0 Å². The summed E-state index contributed by atoms with van der Waals surface area (Å²) in [4.78, 5) is 9.30. The molecule has 0 aliphatic carbocycles. The van der Waals surface area contributed by atoms with Gasteiger partial charge in [0.1, 0.15) is 5.82 Å². The molecule has 3 rings (SSSR count). The van der Waals surface area contributed by atoms with E-state index in [0.717, 1.165) is 27.0 Å². The Labute approximate surface area is 174 Å². The predicted octanol–water partition coefficient (Wildman–Crippen LogP) is 5.39. The van der Waals surface area contributed by atoms with Crippen LogP contribution in [0.2, 0.25) is 0 Å². The highest BCUT2D eigenvalue weighted by atomic mass is 79.9. The fraction of sp³-hybridized carbons (Fsp3) is 0.273. The van der Waals surface area contributed by atoms with E-state index in [4.69, 9.17) is 0 Å². The number of anilines is 3. The molecule has 0 saturated heterocycles. The molecule has 6 heteroatoms. The van der Waals surface area contributed by atoms with E-state index in [1.807, 2.05) is 55.5 Å². The van der Waals surface area contributed by atoms with Crippen LogP contribution in [0.3, 0.4) is 0 Å². The van der Waals surface area contributed by atoms with Crippen LogP contribution in [0.5, 0.6) is 0 Å². The maximum Gasteiger partial charge on any atom is 0.225 e. The molecule has 2 aromatic carbocycles. The van der Waals surface area contributed by atoms with Crippen molar-refractivity contribution >= 4 is 33.4 Å². The number of aromatic nitrogens is 2. The molecule has 28 heavy (non-hydrogen) atoms. The standard InChI is InChI=1S/C22H25BrN4O/c1-14(2)20(13-28)26-22-25-19(16-7-5-4-6-8-16)12-21(27-22)24-18-10-9-17(23)11-15(18)3/h4-12,14,20,28H,13H2,1-3H3,(H2,24,25,26,27)/t20-/m0/s1. The van der Waals surface area contributed by atoms with Crippen molar-refractivity contribution in [1.82, 2.24) is 9.97 Å². The molecule has 5 nitrogen and oxygen atoms in total. The van der Waals surface area contributed by atoms with Crippen molar-refractivity contribution in [3.05, 3.63) is 64.6 Å². The van der Waals surface area contributed by atoms with Crippen LogP contribution in [-0.4, -0.2) is 27.7 Å². The Kier molecular flexibility index (Phi) is 6.65. The molecule has 0 aliphatic heterocycles. The predicted molar refractivity (Wildman–Crippen MR) is 119 cm³/mol. The molecule has 146 valence electrons. The first-order valence-electron chi connectivity index (χ1n) is 9.31. The lowest BCUT2D eigenvalue weighted by Crippen LogP contribution is -2.30. The normalized spacial score (nSPS) is 12.1. The van der Waals surface area contributed by atoms with Gasteiger partial charge in [-0.1, -0.05) is 60.1 Å². The lowest BCUT2D eigenvalue weighted by molar-refractivity contribution is 0.248. The Bertz CT molecular complexity index is 931. The lowest BCUT2D eigenvalue weighted by Gasteiger charge is -2.21. The van der Waals surface area contributed by atoms with Crippen LogP contribution in [0.25, 0.3) is 11.3 Å². The van der Waals surface area contributed by atoms with E-state index in [1.165, 1.54) is 0 Å². The van der Waals surface area contributed by atoms with Gasteiger partial charge in [0.2, 0.25) is 5.95 Å². The SMILES string of the molecule is Cc1cc(Br)ccc1Nc1cc(-c2ccccc2)nc(N[C@@H](CO)C(C)C)n1. The van der Waals surface area contributed by atoms with Crippen molar-refractivity contribution in [3.63, 3.8) is 0 Å². The van der Waals surface area contributed by atoms with E-state index in [-0.39, 0.29) is 18.6 Å². The highest BCUT2D eigenvalue weighted by molar-refractivity contribution is 9.10. The third kappa shape index (κ3) is 5.09. The number of aliphatic hydroxyl groups excluding tert-OH is 1. The van der Waals surface area contributed by atoms with Crippen molar-refractivity contribution < 1.29 is 5.11 Å². The number of benzene rings is 2. The summed E-state index contributed by atoms with van der Waals surface area (Å²) < 4.78 is 1.04. The zero-order chi connectivity index (χ0) is 20.1. The summed E-state index contributed by atoms with van der Waals surface area (Å²) in [6.07, 6.45) is 0. The van der Waals surface area contributed by atoms with E-state index in [2.05, 4.69) is 56.4 Å². The number of aryl methyl sites for hydroxylation is 1. The molecule has 1 atom stereocenters. The zero-order valence-electron chi connectivity index (χ0n) is 16.3. The van der Waals surface area contributed by atoms with E-state index < -0.39 is 0 Å². The van der Waals surface area contributed by atoms with E-state index in [1.54, 1.807) is 0 Å². The van der Waals surface area contributed by atoms with Crippen LogP contribution in [0.15, 0.2) is 59.1 Å². The minimum atomic E-state index is -0.117. The van der Waals surface area contributed by atoms with Crippen LogP contribution in [0.1, 0.15) is 19.4 Å². The summed E-state index contributed by atoms with van der Waals surface area (Å²) in [5.41, 5.74) is 3.91. The molecule has 0 radical (unpaired) electrons. The molecule has 0 saturated carbocycles. The summed E-state index contributed by atoms with van der Waals surface area (Å²) in [5, 5.41) is 16.3. The van der Waals surface area contributed by atoms with Gasteiger partial charge in [0.15, 0.2) is 0 Å². The second kappa shape index (κ2) is 9.17. The molecule has 0 bridgehead atoms. The van der Waals surface area contributed by atoms with E-state index in [0.29, 0.717) is 11.8 Å². The van der Waals surface area contributed by atoms with Gasteiger partial charge in [-0.3, -0.25) is 0 Å². The first-order chi connectivity index (χ1) is 13.5. The summed E-state index contributed by atoms with van der Waals surface area (Å²) in [5.74, 6) is 1.44. The Morgan fingerprint density at radius 2 is 1.79 bits per heavy atom. The molecule has 0 aliphatic rings. The summed E-state index contributed by atoms with van der Waals surface area (Å²) >= 11 is 3.50. The number of hydrogen-bond donors (Lipinski definition) is 3. The molecule has 1 aromatic heterocycles. The van der Waals surface area contributed by atoms with Crippen molar-refractivity contribution in [2.45, 2.75) is 26.8 Å². The summed E-state index contributed by atoms with van der Waals surface area (Å²) in [6.45, 7) is 6.18. The van der Waals surface area contributed by atoms with Gasteiger partial charge < -0.3 is 15.7 Å². The largest absolute Gasteiger partial charge is 0.394 e. The highest BCUT2D eigenvalue weighted by Gasteiger charge is 2.15. The number of hydrogen-bond acceptors (Lipinski definition) is 5. The fourth-order valence-corrected chi connectivity index (χ4v) is 3.30. The number of nitrogens with zero attached hydrogens (tertiary/aromatic N) is 2. The Morgan fingerprint density at radius 1 is 1.04 bits per heavy atom. The van der Waals surface area contributed by atoms with Crippen LogP contribution in [0.4, 0.5) is 17.5 Å². The molecular weight excluding hydrogens is 416 g/mol. The average molecular weight is 441 g/mol. The van der Waals surface area contributed by atoms with Crippen molar-refractivity contribution in [2.24, 2.45) is 5.92 Å². The number of rotatable bonds is 7. The third-order valence-corrected chi connectivity index (χ3v) is 5.06. The van der Waals surface area contributed by atoms with Crippen LogP contribution in [-0.2, 0) is 0 Å². The topological polar surface area (TPSA) is 70.1 Å². The minimum Gasteiger partial charge on any atom is -0.394 e. The van der Waals surface area contributed by atoms with Crippen LogP contribution >= 0.6 is 15.9 Å². The molecular formula is C22H25BrN4O. The Hall–Kier alpha value is -2.44. The molecule has 0 unspecified atom stereocenters. The molecule has 0 fully saturated rings. The average Bonchev–Trinajstić information content (AvgIpc) is 2.68. The van der Waals surface area contributed by atoms with Gasteiger partial charge in [-0.05, 0) is 36.6 Å². The van der Waals surface area contributed by atoms with Crippen molar-refractivity contribution in [3.8, 4) is 11.3 Å². The zero-order valence-corrected chi connectivity index (χ0v) is 17.9. The molecule has 0 spiro atoms. The van der Waals surface area contributed by atoms with Gasteiger partial charge in [0.25, 0.3) is 0 Å². The second-order valence-electron chi connectivity index (χ2n) is 7.09. The van der Waals surface area contributed by atoms with Gasteiger partial charge in [-0.2, -0.15) is 4.98 Å². The van der Waals surface area contributed by atoms with Gasteiger partial charge in [-0.25, -0.2) is 4.98 Å². The van der Waals surface area contributed by atoms with Crippen LogP contribution in [0, 0.1) is 12.8 Å². The highest BCUT2D eigenvalue weighted by Crippen LogP contribution is 2.27. The monoisotopic (exact) mass is 440 g/mol. The number of nitrogens with one attached hydrogen (secondary N) is 2. The molecule has 3 N–H and O–H groups in total. The quantitative estimate of drug-likeness (QED) is 0.459.